The number of furan rings is 1. The van der Waals surface area contributed by atoms with Gasteiger partial charge in [-0.05, 0) is 69.1 Å². The zero-order chi connectivity index (χ0) is 22.5. The van der Waals surface area contributed by atoms with E-state index in [0.29, 0.717) is 35.8 Å². The summed E-state index contributed by atoms with van der Waals surface area (Å²) < 4.78 is 11.0. The van der Waals surface area contributed by atoms with Crippen molar-refractivity contribution in [3.05, 3.63) is 52.9 Å². The van der Waals surface area contributed by atoms with E-state index in [-0.39, 0.29) is 17.9 Å². The largest absolute Gasteiger partial charge is 0.496 e. The molecule has 0 unspecified atom stereocenters. The molecule has 172 valence electrons. The first-order chi connectivity index (χ1) is 15.6. The van der Waals surface area contributed by atoms with Crippen molar-refractivity contribution in [1.29, 1.82) is 0 Å². The fourth-order valence-corrected chi connectivity index (χ4v) is 4.89. The van der Waals surface area contributed by atoms with E-state index in [1.807, 2.05) is 12.1 Å². The minimum absolute atomic E-state index is 0.00664. The summed E-state index contributed by atoms with van der Waals surface area (Å²) in [5, 5.41) is 3.55. The van der Waals surface area contributed by atoms with E-state index in [1.165, 1.54) is 13.5 Å². The molecule has 2 aliphatic rings. The summed E-state index contributed by atoms with van der Waals surface area (Å²) in [4.78, 5) is 30.4. The van der Waals surface area contributed by atoms with E-state index in [4.69, 9.17) is 20.8 Å². The van der Waals surface area contributed by atoms with Crippen LogP contribution in [0.1, 0.15) is 54.3 Å². The number of nitrogens with zero attached hydrogens (tertiary/aromatic N) is 2. The molecule has 2 atom stereocenters. The highest BCUT2D eigenvalue weighted by molar-refractivity contribution is 6.31. The summed E-state index contributed by atoms with van der Waals surface area (Å²) in [5.74, 6) is 0.940. The third-order valence-corrected chi connectivity index (χ3v) is 6.62. The molecule has 3 heterocycles. The zero-order valence-electron chi connectivity index (χ0n) is 18.4. The lowest BCUT2D eigenvalue weighted by Gasteiger charge is -2.34. The van der Waals surface area contributed by atoms with Gasteiger partial charge in [-0.25, -0.2) is 0 Å². The first-order valence-electron chi connectivity index (χ1n) is 11.3. The minimum atomic E-state index is -0.509. The maximum absolute atomic E-state index is 13.3. The number of hydrogen-bond acceptors (Lipinski definition) is 5. The maximum atomic E-state index is 13.3. The summed E-state index contributed by atoms with van der Waals surface area (Å²) in [7, 11) is 1.52. The average molecular weight is 460 g/mol. The number of nitrogens with one attached hydrogen (secondary N) is 1. The van der Waals surface area contributed by atoms with Gasteiger partial charge in [0.1, 0.15) is 17.6 Å². The van der Waals surface area contributed by atoms with Crippen LogP contribution in [0.15, 0.2) is 41.0 Å². The Morgan fingerprint density at radius 1 is 1.19 bits per heavy atom. The minimum Gasteiger partial charge on any atom is -0.496 e. The van der Waals surface area contributed by atoms with Crippen LogP contribution in [-0.2, 0) is 4.79 Å². The molecule has 2 saturated heterocycles. The molecule has 2 fully saturated rings. The van der Waals surface area contributed by atoms with Crippen molar-refractivity contribution in [3.8, 4) is 5.75 Å². The molecule has 7 nitrogen and oxygen atoms in total. The Morgan fingerprint density at radius 2 is 2.00 bits per heavy atom. The van der Waals surface area contributed by atoms with Crippen molar-refractivity contribution in [2.45, 2.75) is 44.2 Å². The number of carbonyl (C=O) groups is 2. The Morgan fingerprint density at radius 3 is 2.72 bits per heavy atom. The van der Waals surface area contributed by atoms with Crippen LogP contribution in [0.2, 0.25) is 5.02 Å². The smallest absolute Gasteiger partial charge is 0.258 e. The van der Waals surface area contributed by atoms with Crippen LogP contribution >= 0.6 is 11.6 Å². The fourth-order valence-electron chi connectivity index (χ4n) is 4.72. The van der Waals surface area contributed by atoms with Gasteiger partial charge in [0.25, 0.3) is 5.91 Å². The third kappa shape index (κ3) is 4.94. The van der Waals surface area contributed by atoms with Crippen LogP contribution in [0.5, 0.6) is 5.75 Å². The zero-order valence-corrected chi connectivity index (χ0v) is 19.1. The first kappa shape index (κ1) is 22.7. The lowest BCUT2D eigenvalue weighted by atomic mass is 10.1. The molecule has 2 aromatic rings. The topological polar surface area (TPSA) is 75.0 Å². The Labute approximate surface area is 193 Å². The van der Waals surface area contributed by atoms with Crippen molar-refractivity contribution in [2.24, 2.45) is 0 Å². The molecule has 1 aromatic carbocycles. The number of hydrogen-bond donors (Lipinski definition) is 1. The molecule has 0 spiro atoms. The molecule has 2 aliphatic heterocycles. The van der Waals surface area contributed by atoms with E-state index < -0.39 is 6.04 Å². The van der Waals surface area contributed by atoms with E-state index in [9.17, 15) is 9.59 Å². The van der Waals surface area contributed by atoms with Crippen LogP contribution in [0.4, 0.5) is 0 Å². The van der Waals surface area contributed by atoms with Crippen LogP contribution in [0.25, 0.3) is 0 Å². The SMILES string of the molecule is COc1ccc(Cl)cc1C(=O)N1CCC[C@H]1C(=O)NC[C@@H](c1ccco1)N1CCCCC1. The highest BCUT2D eigenvalue weighted by atomic mass is 35.5. The molecule has 0 bridgehead atoms. The quantitative estimate of drug-likeness (QED) is 0.679. The molecule has 8 heteroatoms. The van der Waals surface area contributed by atoms with Crippen molar-refractivity contribution in [2.75, 3.05) is 33.3 Å². The molecule has 1 N–H and O–H groups in total. The monoisotopic (exact) mass is 459 g/mol. The summed E-state index contributed by atoms with van der Waals surface area (Å²) >= 11 is 6.11. The Kier molecular flexibility index (Phi) is 7.37. The second kappa shape index (κ2) is 10.4. The summed E-state index contributed by atoms with van der Waals surface area (Å²) in [5.41, 5.74) is 0.376. The van der Waals surface area contributed by atoms with Crippen LogP contribution in [-0.4, -0.2) is 60.9 Å². The van der Waals surface area contributed by atoms with Gasteiger partial charge in [-0.2, -0.15) is 0 Å². The van der Waals surface area contributed by atoms with Crippen molar-refractivity contribution < 1.29 is 18.7 Å². The molecule has 2 amide bonds. The second-order valence-electron chi connectivity index (χ2n) is 8.37. The van der Waals surface area contributed by atoms with E-state index in [1.54, 1.807) is 29.4 Å². The molecule has 0 saturated carbocycles. The Balaban J connectivity index is 1.45. The summed E-state index contributed by atoms with van der Waals surface area (Å²) in [6.45, 7) is 2.96. The predicted molar refractivity (Wildman–Crippen MR) is 122 cm³/mol. The molecule has 4 rings (SSSR count). The highest BCUT2D eigenvalue weighted by Gasteiger charge is 2.36. The lowest BCUT2D eigenvalue weighted by molar-refractivity contribution is -0.125. The predicted octanol–water partition coefficient (Wildman–Crippen LogP) is 3.89. The number of methoxy groups -OCH3 is 1. The van der Waals surface area contributed by atoms with Crippen LogP contribution in [0.3, 0.4) is 0 Å². The van der Waals surface area contributed by atoms with Gasteiger partial charge in [0, 0.05) is 18.1 Å². The van der Waals surface area contributed by atoms with Gasteiger partial charge < -0.3 is 19.4 Å². The summed E-state index contributed by atoms with van der Waals surface area (Å²) in [6.07, 6.45) is 6.62. The van der Waals surface area contributed by atoms with E-state index in [0.717, 1.165) is 38.1 Å². The van der Waals surface area contributed by atoms with Gasteiger partial charge in [-0.1, -0.05) is 18.0 Å². The highest BCUT2D eigenvalue weighted by Crippen LogP contribution is 2.28. The number of rotatable bonds is 7. The first-order valence-corrected chi connectivity index (χ1v) is 11.7. The van der Waals surface area contributed by atoms with Gasteiger partial charge >= 0.3 is 0 Å². The average Bonchev–Trinajstić information content (AvgIpc) is 3.52. The molecular weight excluding hydrogens is 430 g/mol. The number of benzene rings is 1. The van der Waals surface area contributed by atoms with Crippen molar-refractivity contribution >= 4 is 23.4 Å². The maximum Gasteiger partial charge on any atom is 0.258 e. The number of piperidine rings is 1. The van der Waals surface area contributed by atoms with E-state index in [2.05, 4.69) is 10.2 Å². The number of likely N-dealkylation sites (tertiary alicyclic amines) is 2. The van der Waals surface area contributed by atoms with Gasteiger partial charge in [0.2, 0.25) is 5.91 Å². The molecule has 0 radical (unpaired) electrons. The third-order valence-electron chi connectivity index (χ3n) is 6.38. The van der Waals surface area contributed by atoms with Crippen molar-refractivity contribution in [3.63, 3.8) is 0 Å². The molecule has 0 aliphatic carbocycles. The van der Waals surface area contributed by atoms with Gasteiger partial charge in [0.05, 0.1) is 25.0 Å². The van der Waals surface area contributed by atoms with Gasteiger partial charge in [0.15, 0.2) is 0 Å². The van der Waals surface area contributed by atoms with Crippen LogP contribution in [0, 0.1) is 0 Å². The Hall–Kier alpha value is -2.51. The number of amides is 2. The van der Waals surface area contributed by atoms with Crippen LogP contribution < -0.4 is 10.1 Å². The normalized spacial score (nSPS) is 20.2. The van der Waals surface area contributed by atoms with E-state index >= 15 is 0 Å². The Bertz CT molecular complexity index is 927. The standard InChI is InChI=1S/C24H30ClN3O4/c1-31-21-10-9-17(25)15-18(21)24(30)28-13-5-7-19(28)23(29)26-16-20(22-8-6-14-32-22)27-11-3-2-4-12-27/h6,8-10,14-15,19-20H,2-5,7,11-13,16H2,1H3,(H,26,29)/t19-,20-/m0/s1. The second-order valence-corrected chi connectivity index (χ2v) is 8.81. The number of ether oxygens (including phenoxy) is 1. The molecule has 1 aromatic heterocycles. The van der Waals surface area contributed by atoms with Crippen molar-refractivity contribution in [1.82, 2.24) is 15.1 Å². The lowest BCUT2D eigenvalue weighted by Crippen LogP contribution is -2.48. The van der Waals surface area contributed by atoms with Gasteiger partial charge in [-0.3, -0.25) is 14.5 Å². The summed E-state index contributed by atoms with van der Waals surface area (Å²) in [6, 6.07) is 8.27. The number of halogens is 1. The number of carbonyl (C=O) groups excluding carboxylic acids is 2. The molecule has 32 heavy (non-hydrogen) atoms. The van der Waals surface area contributed by atoms with Gasteiger partial charge in [-0.15, -0.1) is 0 Å². The molecular formula is C24H30ClN3O4. The fraction of sp³-hybridized carbons (Fsp3) is 0.500.